The summed E-state index contributed by atoms with van der Waals surface area (Å²) in [4.78, 5) is 2.46. The van der Waals surface area contributed by atoms with Crippen LogP contribution in [0.5, 0.6) is 0 Å². The topological polar surface area (TPSA) is 47.7 Å². The smallest absolute Gasteiger partial charge is 0.0757 e. The summed E-state index contributed by atoms with van der Waals surface area (Å²) in [5.74, 6) is 0. The molecule has 0 radical (unpaired) electrons. The highest BCUT2D eigenvalue weighted by molar-refractivity contribution is 4.91. The van der Waals surface area contributed by atoms with Gasteiger partial charge in [0.25, 0.3) is 0 Å². The number of nitrogens with two attached hydrogens (primary N) is 1. The van der Waals surface area contributed by atoms with Gasteiger partial charge in [0.2, 0.25) is 0 Å². The van der Waals surface area contributed by atoms with Gasteiger partial charge in [-0.3, -0.25) is 4.90 Å². The van der Waals surface area contributed by atoms with Gasteiger partial charge in [0.1, 0.15) is 0 Å². The molecular formula is C13H26N2O2. The lowest BCUT2D eigenvalue weighted by Gasteiger charge is -2.46. The fourth-order valence-corrected chi connectivity index (χ4v) is 3.20. The number of hydrogen-bond acceptors (Lipinski definition) is 4. The number of nitrogens with zero attached hydrogens (tertiary/aromatic N) is 1. The Labute approximate surface area is 104 Å². The maximum atomic E-state index is 5.95. The van der Waals surface area contributed by atoms with Gasteiger partial charge in [-0.2, -0.15) is 0 Å². The number of morpholine rings is 1. The molecule has 3 unspecified atom stereocenters. The second-order valence-corrected chi connectivity index (χ2v) is 5.97. The van der Waals surface area contributed by atoms with E-state index in [1.54, 1.807) is 0 Å². The van der Waals surface area contributed by atoms with Crippen LogP contribution in [0.4, 0.5) is 0 Å². The third kappa shape index (κ3) is 3.19. The lowest BCUT2D eigenvalue weighted by molar-refractivity contribution is -0.146. The van der Waals surface area contributed by atoms with Crippen LogP contribution >= 0.6 is 0 Å². The Kier molecular flexibility index (Phi) is 4.08. The summed E-state index contributed by atoms with van der Waals surface area (Å²) in [5.41, 5.74) is 5.88. The van der Waals surface area contributed by atoms with Crippen molar-refractivity contribution in [3.05, 3.63) is 0 Å². The Bertz CT molecular complexity index is 252. The molecule has 2 heterocycles. The Hall–Kier alpha value is -0.160. The van der Waals surface area contributed by atoms with Gasteiger partial charge in [0, 0.05) is 32.3 Å². The minimum Gasteiger partial charge on any atom is -0.377 e. The highest BCUT2D eigenvalue weighted by Crippen LogP contribution is 2.26. The van der Waals surface area contributed by atoms with E-state index in [0.717, 1.165) is 26.1 Å². The lowest BCUT2D eigenvalue weighted by Crippen LogP contribution is -2.59. The van der Waals surface area contributed by atoms with Crippen LogP contribution in [-0.4, -0.2) is 55.0 Å². The molecule has 2 fully saturated rings. The van der Waals surface area contributed by atoms with Gasteiger partial charge in [0.15, 0.2) is 0 Å². The first-order valence-corrected chi connectivity index (χ1v) is 6.75. The van der Waals surface area contributed by atoms with Crippen molar-refractivity contribution in [2.24, 2.45) is 5.73 Å². The molecule has 2 aliphatic rings. The van der Waals surface area contributed by atoms with Crippen LogP contribution in [-0.2, 0) is 9.47 Å². The van der Waals surface area contributed by atoms with Crippen LogP contribution < -0.4 is 5.73 Å². The van der Waals surface area contributed by atoms with Crippen LogP contribution in [0, 0.1) is 0 Å². The van der Waals surface area contributed by atoms with E-state index in [1.807, 2.05) is 0 Å². The van der Waals surface area contributed by atoms with Gasteiger partial charge in [0.05, 0.1) is 17.8 Å². The molecule has 0 aromatic rings. The Morgan fingerprint density at radius 2 is 2.24 bits per heavy atom. The van der Waals surface area contributed by atoms with Crippen molar-refractivity contribution in [1.29, 1.82) is 0 Å². The fraction of sp³-hybridized carbons (Fsp3) is 1.00. The second kappa shape index (κ2) is 5.22. The summed E-state index contributed by atoms with van der Waals surface area (Å²) >= 11 is 0. The van der Waals surface area contributed by atoms with E-state index in [4.69, 9.17) is 15.2 Å². The van der Waals surface area contributed by atoms with Gasteiger partial charge in [-0.15, -0.1) is 0 Å². The summed E-state index contributed by atoms with van der Waals surface area (Å²) in [6.45, 7) is 9.91. The van der Waals surface area contributed by atoms with E-state index in [2.05, 4.69) is 25.7 Å². The number of rotatable bonds is 3. The van der Waals surface area contributed by atoms with Crippen molar-refractivity contribution >= 4 is 0 Å². The average molecular weight is 242 g/mol. The summed E-state index contributed by atoms with van der Waals surface area (Å²) in [5, 5.41) is 0. The largest absolute Gasteiger partial charge is 0.377 e. The molecule has 2 saturated heterocycles. The Balaban J connectivity index is 2.02. The molecule has 0 aliphatic carbocycles. The predicted molar refractivity (Wildman–Crippen MR) is 68.0 cm³/mol. The summed E-state index contributed by atoms with van der Waals surface area (Å²) in [7, 11) is 0. The maximum absolute atomic E-state index is 5.95. The molecule has 0 spiro atoms. The molecule has 4 nitrogen and oxygen atoms in total. The van der Waals surface area contributed by atoms with E-state index >= 15 is 0 Å². The van der Waals surface area contributed by atoms with Crippen LogP contribution in [0.1, 0.15) is 33.6 Å². The first kappa shape index (κ1) is 13.3. The fourth-order valence-electron chi connectivity index (χ4n) is 3.20. The molecule has 2 rings (SSSR count). The molecule has 4 heteroatoms. The van der Waals surface area contributed by atoms with E-state index in [9.17, 15) is 0 Å². The summed E-state index contributed by atoms with van der Waals surface area (Å²) in [6.07, 6.45) is 2.91. The first-order chi connectivity index (χ1) is 8.02. The zero-order valence-corrected chi connectivity index (χ0v) is 11.3. The van der Waals surface area contributed by atoms with Gasteiger partial charge >= 0.3 is 0 Å². The molecule has 0 saturated carbocycles. The Morgan fingerprint density at radius 1 is 1.47 bits per heavy atom. The van der Waals surface area contributed by atoms with Crippen molar-refractivity contribution in [1.82, 2.24) is 4.90 Å². The molecule has 17 heavy (non-hydrogen) atoms. The highest BCUT2D eigenvalue weighted by Gasteiger charge is 2.38. The lowest BCUT2D eigenvalue weighted by atomic mass is 10.00. The molecule has 2 N–H and O–H groups in total. The third-order valence-corrected chi connectivity index (χ3v) is 3.70. The van der Waals surface area contributed by atoms with Crippen molar-refractivity contribution in [3.63, 3.8) is 0 Å². The molecule has 0 aromatic heterocycles. The van der Waals surface area contributed by atoms with Crippen molar-refractivity contribution in [2.75, 3.05) is 26.2 Å². The van der Waals surface area contributed by atoms with Crippen LogP contribution in [0.25, 0.3) is 0 Å². The van der Waals surface area contributed by atoms with Crippen molar-refractivity contribution in [3.8, 4) is 0 Å². The third-order valence-electron chi connectivity index (χ3n) is 3.70. The van der Waals surface area contributed by atoms with E-state index in [-0.39, 0.29) is 11.7 Å². The molecule has 0 amide bonds. The molecule has 100 valence electrons. The molecule has 3 atom stereocenters. The van der Waals surface area contributed by atoms with Crippen LogP contribution in [0.2, 0.25) is 0 Å². The second-order valence-electron chi connectivity index (χ2n) is 5.97. The Morgan fingerprint density at radius 3 is 2.76 bits per heavy atom. The summed E-state index contributed by atoms with van der Waals surface area (Å²) < 4.78 is 11.7. The first-order valence-electron chi connectivity index (χ1n) is 6.75. The normalized spacial score (nSPS) is 36.0. The monoisotopic (exact) mass is 242 g/mol. The zero-order chi connectivity index (χ0) is 12.5. The minimum atomic E-state index is -0.0797. The van der Waals surface area contributed by atoms with E-state index in [1.165, 1.54) is 6.42 Å². The van der Waals surface area contributed by atoms with Crippen LogP contribution in [0.15, 0.2) is 0 Å². The predicted octanol–water partition coefficient (Wildman–Crippen LogP) is 0.992. The molecule has 0 bridgehead atoms. The quantitative estimate of drug-likeness (QED) is 0.802. The molecule has 0 aromatic carbocycles. The van der Waals surface area contributed by atoms with Crippen molar-refractivity contribution < 1.29 is 9.47 Å². The molecular weight excluding hydrogens is 216 g/mol. The number of ether oxygens (including phenoxy) is 2. The average Bonchev–Trinajstić information content (AvgIpc) is 2.68. The molecule has 2 aliphatic heterocycles. The summed E-state index contributed by atoms with van der Waals surface area (Å²) in [6, 6.07) is 0.350. The SMILES string of the molecule is CC1CN(C(CN)C2CCCO2)CC(C)(C)O1. The van der Waals surface area contributed by atoms with Gasteiger partial charge < -0.3 is 15.2 Å². The van der Waals surface area contributed by atoms with E-state index < -0.39 is 0 Å². The van der Waals surface area contributed by atoms with Crippen LogP contribution in [0.3, 0.4) is 0 Å². The number of hydrogen-bond donors (Lipinski definition) is 1. The highest BCUT2D eigenvalue weighted by atomic mass is 16.5. The standard InChI is InChI=1S/C13H26N2O2/c1-10-8-15(9-13(2,3)17-10)11(7-14)12-5-4-6-16-12/h10-12H,4-9,14H2,1-3H3. The van der Waals surface area contributed by atoms with E-state index in [0.29, 0.717) is 18.7 Å². The minimum absolute atomic E-state index is 0.0797. The van der Waals surface area contributed by atoms with Gasteiger partial charge in [-0.05, 0) is 33.6 Å². The zero-order valence-electron chi connectivity index (χ0n) is 11.3. The van der Waals surface area contributed by atoms with Gasteiger partial charge in [-0.25, -0.2) is 0 Å². The van der Waals surface area contributed by atoms with Crippen molar-refractivity contribution in [2.45, 2.75) is 57.5 Å². The van der Waals surface area contributed by atoms with Gasteiger partial charge in [-0.1, -0.05) is 0 Å². The maximum Gasteiger partial charge on any atom is 0.0757 e.